The SMILES string of the molecule is Nc1nc2ccc(-c3cc(NS(=O)(=O)c4ccc(F)cc4F)c4nc[nH]c4c3)cc2c(=O)n1-c1ccccc1. The van der Waals surface area contributed by atoms with Gasteiger partial charge in [-0.05, 0) is 59.7 Å². The molecule has 6 aromatic rings. The fourth-order valence-corrected chi connectivity index (χ4v) is 5.51. The van der Waals surface area contributed by atoms with E-state index in [9.17, 15) is 22.0 Å². The van der Waals surface area contributed by atoms with Crippen LogP contribution >= 0.6 is 0 Å². The molecule has 0 saturated carbocycles. The molecule has 0 aliphatic carbocycles. The molecule has 194 valence electrons. The summed E-state index contributed by atoms with van der Waals surface area (Å²) in [5.41, 5.74) is 8.62. The molecule has 0 unspecified atom stereocenters. The summed E-state index contributed by atoms with van der Waals surface area (Å²) < 4.78 is 57.3. The summed E-state index contributed by atoms with van der Waals surface area (Å²) in [5.74, 6) is -2.09. The third kappa shape index (κ3) is 4.26. The maximum Gasteiger partial charge on any atom is 0.267 e. The van der Waals surface area contributed by atoms with Gasteiger partial charge in [-0.25, -0.2) is 31.7 Å². The molecule has 6 rings (SSSR count). The zero-order valence-electron chi connectivity index (χ0n) is 19.9. The van der Waals surface area contributed by atoms with Gasteiger partial charge in [0, 0.05) is 6.07 Å². The first-order valence-electron chi connectivity index (χ1n) is 11.5. The molecular weight excluding hydrogens is 526 g/mol. The van der Waals surface area contributed by atoms with Crippen molar-refractivity contribution in [3.63, 3.8) is 0 Å². The second kappa shape index (κ2) is 9.03. The van der Waals surface area contributed by atoms with Crippen LogP contribution in [0.25, 0.3) is 38.8 Å². The molecule has 0 aliphatic heterocycles. The number of nitrogens with two attached hydrogens (primary N) is 1. The number of hydrogen-bond acceptors (Lipinski definition) is 6. The molecule has 0 bridgehead atoms. The van der Waals surface area contributed by atoms with Crippen molar-refractivity contribution in [3.8, 4) is 16.8 Å². The summed E-state index contributed by atoms with van der Waals surface area (Å²) in [4.78, 5) is 24.2. The first kappa shape index (κ1) is 24.2. The van der Waals surface area contributed by atoms with Crippen molar-refractivity contribution in [1.29, 1.82) is 0 Å². The van der Waals surface area contributed by atoms with Crippen molar-refractivity contribution in [1.82, 2.24) is 19.5 Å². The van der Waals surface area contributed by atoms with Crippen LogP contribution < -0.4 is 16.0 Å². The van der Waals surface area contributed by atoms with Crippen LogP contribution in [0.3, 0.4) is 0 Å². The number of nitrogens with one attached hydrogen (secondary N) is 2. The summed E-state index contributed by atoms with van der Waals surface area (Å²) >= 11 is 0. The second-order valence-corrected chi connectivity index (χ2v) is 10.3. The number of hydrogen-bond donors (Lipinski definition) is 3. The largest absolute Gasteiger partial charge is 0.369 e. The molecule has 4 N–H and O–H groups in total. The van der Waals surface area contributed by atoms with E-state index in [1.165, 1.54) is 17.0 Å². The molecule has 12 heteroatoms. The molecule has 0 spiro atoms. The van der Waals surface area contributed by atoms with E-state index in [0.717, 1.165) is 12.1 Å². The van der Waals surface area contributed by atoms with Crippen molar-refractivity contribution < 1.29 is 17.2 Å². The standard InChI is InChI=1S/C27H18F2N6O3S/c28-17-7-9-24(20(29)13-17)39(37,38)34-23-12-16(11-22-25(23)32-14-31-22)15-6-8-21-19(10-15)26(36)35(27(30)33-21)18-4-2-1-3-5-18/h1-14,34H,(H2,30,33)(H,31,32). The fourth-order valence-electron chi connectivity index (χ4n) is 4.40. The van der Waals surface area contributed by atoms with Crippen molar-refractivity contribution in [2.75, 3.05) is 10.5 Å². The quantitative estimate of drug-likeness (QED) is 0.291. The van der Waals surface area contributed by atoms with E-state index in [0.29, 0.717) is 39.3 Å². The predicted molar refractivity (Wildman–Crippen MR) is 144 cm³/mol. The number of nitrogens with zero attached hydrogens (tertiary/aromatic N) is 3. The second-order valence-electron chi connectivity index (χ2n) is 8.68. The van der Waals surface area contributed by atoms with E-state index in [1.807, 2.05) is 6.07 Å². The fraction of sp³-hybridized carbons (Fsp3) is 0. The van der Waals surface area contributed by atoms with Gasteiger partial charge >= 0.3 is 0 Å². The Hall–Kier alpha value is -5.10. The Kier molecular flexibility index (Phi) is 5.61. The summed E-state index contributed by atoms with van der Waals surface area (Å²) in [6, 6.07) is 19.3. The van der Waals surface area contributed by atoms with Gasteiger partial charge in [-0.3, -0.25) is 9.52 Å². The van der Waals surface area contributed by atoms with Gasteiger partial charge in [0.25, 0.3) is 15.6 Å². The van der Waals surface area contributed by atoms with Crippen LogP contribution in [0.5, 0.6) is 0 Å². The van der Waals surface area contributed by atoms with Gasteiger partial charge in [0.1, 0.15) is 22.0 Å². The lowest BCUT2D eigenvalue weighted by Gasteiger charge is -2.13. The van der Waals surface area contributed by atoms with E-state index in [2.05, 4.69) is 19.7 Å². The van der Waals surface area contributed by atoms with E-state index in [4.69, 9.17) is 5.73 Å². The lowest BCUT2D eigenvalue weighted by molar-refractivity contribution is 0.551. The molecule has 9 nitrogen and oxygen atoms in total. The lowest BCUT2D eigenvalue weighted by atomic mass is 10.0. The number of rotatable bonds is 5. The summed E-state index contributed by atoms with van der Waals surface area (Å²) in [6.45, 7) is 0. The number of halogens is 2. The van der Waals surface area contributed by atoms with Crippen molar-refractivity contribution in [3.05, 3.63) is 107 Å². The number of para-hydroxylation sites is 1. The highest BCUT2D eigenvalue weighted by Gasteiger charge is 2.22. The molecule has 2 heterocycles. The Morgan fingerprint density at radius 1 is 0.923 bits per heavy atom. The van der Waals surface area contributed by atoms with E-state index in [1.54, 1.807) is 48.5 Å². The normalized spacial score (nSPS) is 11.7. The molecule has 0 aliphatic rings. The lowest BCUT2D eigenvalue weighted by Crippen LogP contribution is -2.23. The Labute approximate surface area is 219 Å². The van der Waals surface area contributed by atoms with Crippen LogP contribution in [0.15, 0.2) is 94.9 Å². The zero-order chi connectivity index (χ0) is 27.3. The van der Waals surface area contributed by atoms with E-state index >= 15 is 0 Å². The number of benzene rings is 4. The highest BCUT2D eigenvalue weighted by Crippen LogP contribution is 2.32. The van der Waals surface area contributed by atoms with E-state index in [-0.39, 0.29) is 22.7 Å². The number of imidazole rings is 1. The van der Waals surface area contributed by atoms with Gasteiger partial charge in [-0.15, -0.1) is 0 Å². The number of aromatic nitrogens is 4. The Morgan fingerprint density at radius 3 is 2.49 bits per heavy atom. The van der Waals surface area contributed by atoms with Crippen LogP contribution in [0, 0.1) is 11.6 Å². The van der Waals surface area contributed by atoms with Crippen molar-refractivity contribution in [2.24, 2.45) is 0 Å². The Morgan fingerprint density at radius 2 is 1.72 bits per heavy atom. The van der Waals surface area contributed by atoms with Crippen molar-refractivity contribution >= 4 is 43.6 Å². The van der Waals surface area contributed by atoms with Crippen LogP contribution in [-0.4, -0.2) is 27.9 Å². The summed E-state index contributed by atoms with van der Waals surface area (Å²) in [6.07, 6.45) is 1.39. The predicted octanol–water partition coefficient (Wildman–Crippen LogP) is 4.59. The Bertz CT molecular complexity index is 2080. The number of nitrogen functional groups attached to an aromatic ring is 1. The highest BCUT2D eigenvalue weighted by atomic mass is 32.2. The number of H-pyrrole nitrogens is 1. The molecule has 0 radical (unpaired) electrons. The maximum atomic E-state index is 14.3. The molecule has 0 atom stereocenters. The van der Waals surface area contributed by atoms with E-state index < -0.39 is 26.6 Å². The molecule has 4 aromatic carbocycles. The van der Waals surface area contributed by atoms with Crippen LogP contribution in [0.4, 0.5) is 20.4 Å². The minimum Gasteiger partial charge on any atom is -0.369 e. The first-order chi connectivity index (χ1) is 18.7. The van der Waals surface area contributed by atoms with Gasteiger partial charge < -0.3 is 10.7 Å². The van der Waals surface area contributed by atoms with Crippen LogP contribution in [0.1, 0.15) is 0 Å². The first-order valence-corrected chi connectivity index (χ1v) is 13.0. The zero-order valence-corrected chi connectivity index (χ0v) is 20.7. The smallest absolute Gasteiger partial charge is 0.267 e. The number of aromatic amines is 1. The van der Waals surface area contributed by atoms with Crippen LogP contribution in [-0.2, 0) is 10.0 Å². The molecule has 0 saturated heterocycles. The average molecular weight is 545 g/mol. The topological polar surface area (TPSA) is 136 Å². The number of sulfonamides is 1. The van der Waals surface area contributed by atoms with Gasteiger partial charge in [-0.2, -0.15) is 0 Å². The summed E-state index contributed by atoms with van der Waals surface area (Å²) in [5, 5.41) is 0.297. The minimum atomic E-state index is -4.43. The van der Waals surface area contributed by atoms with Gasteiger partial charge in [0.15, 0.2) is 0 Å². The Balaban J connectivity index is 1.48. The molecule has 39 heavy (non-hydrogen) atoms. The third-order valence-electron chi connectivity index (χ3n) is 6.19. The summed E-state index contributed by atoms with van der Waals surface area (Å²) in [7, 11) is -4.43. The van der Waals surface area contributed by atoms with Crippen molar-refractivity contribution in [2.45, 2.75) is 4.90 Å². The minimum absolute atomic E-state index is 0.0371. The van der Waals surface area contributed by atoms with Crippen LogP contribution in [0.2, 0.25) is 0 Å². The number of anilines is 2. The van der Waals surface area contributed by atoms with Gasteiger partial charge in [-0.1, -0.05) is 24.3 Å². The average Bonchev–Trinajstić information content (AvgIpc) is 3.38. The molecule has 0 amide bonds. The maximum absolute atomic E-state index is 14.3. The monoisotopic (exact) mass is 544 g/mol. The van der Waals surface area contributed by atoms with Gasteiger partial charge in [0.2, 0.25) is 5.95 Å². The molecule has 2 aromatic heterocycles. The molecule has 0 fully saturated rings. The van der Waals surface area contributed by atoms with Gasteiger partial charge in [0.05, 0.1) is 34.1 Å². The number of fused-ring (bicyclic) bond motifs is 2. The third-order valence-corrected chi connectivity index (χ3v) is 7.59. The highest BCUT2D eigenvalue weighted by molar-refractivity contribution is 7.92. The molecular formula is C27H18F2N6O3S.